The van der Waals surface area contributed by atoms with Gasteiger partial charge in [-0.3, -0.25) is 0 Å². The van der Waals surface area contributed by atoms with Crippen LogP contribution in [-0.2, 0) is 4.74 Å². The van der Waals surface area contributed by atoms with Gasteiger partial charge >= 0.3 is 0 Å². The summed E-state index contributed by atoms with van der Waals surface area (Å²) in [5.41, 5.74) is 0.899. The summed E-state index contributed by atoms with van der Waals surface area (Å²) in [5.74, 6) is -0.897. The van der Waals surface area contributed by atoms with Crippen LogP contribution in [0.4, 0.5) is 13.9 Å². The number of rotatable bonds is 5. The Morgan fingerprint density at radius 1 is 1.32 bits per heavy atom. The van der Waals surface area contributed by atoms with Crippen LogP contribution in [0.3, 0.4) is 0 Å². The van der Waals surface area contributed by atoms with Gasteiger partial charge in [0.1, 0.15) is 11.6 Å². The normalized spacial score (nSPS) is 10.7. The molecular formula is C13H14F2N2OS. The van der Waals surface area contributed by atoms with E-state index in [-0.39, 0.29) is 11.1 Å². The van der Waals surface area contributed by atoms with Crippen LogP contribution in [0.2, 0.25) is 0 Å². The van der Waals surface area contributed by atoms with Gasteiger partial charge in [0.2, 0.25) is 0 Å². The van der Waals surface area contributed by atoms with Crippen molar-refractivity contribution in [2.75, 3.05) is 25.6 Å². The van der Waals surface area contributed by atoms with Crippen LogP contribution >= 0.6 is 11.3 Å². The summed E-state index contributed by atoms with van der Waals surface area (Å²) in [4.78, 5) is 4.23. The van der Waals surface area contributed by atoms with Crippen LogP contribution in [0.25, 0.3) is 11.3 Å². The quantitative estimate of drug-likeness (QED) is 0.854. The number of aromatic nitrogens is 1. The van der Waals surface area contributed by atoms with Crippen LogP contribution in [0.15, 0.2) is 17.5 Å². The molecule has 0 atom stereocenters. The van der Waals surface area contributed by atoms with Gasteiger partial charge < -0.3 is 10.1 Å². The predicted molar refractivity (Wildman–Crippen MR) is 72.6 cm³/mol. The van der Waals surface area contributed by atoms with Crippen molar-refractivity contribution in [3.63, 3.8) is 0 Å². The van der Waals surface area contributed by atoms with Gasteiger partial charge in [0.05, 0.1) is 12.3 Å². The van der Waals surface area contributed by atoms with E-state index >= 15 is 0 Å². The first kappa shape index (κ1) is 13.9. The van der Waals surface area contributed by atoms with E-state index in [1.807, 2.05) is 0 Å². The minimum Gasteiger partial charge on any atom is -0.383 e. The molecule has 0 spiro atoms. The molecule has 0 fully saturated rings. The number of nitrogens with one attached hydrogen (secondary N) is 1. The molecule has 3 nitrogen and oxygen atoms in total. The van der Waals surface area contributed by atoms with E-state index in [0.29, 0.717) is 24.0 Å². The zero-order valence-corrected chi connectivity index (χ0v) is 11.5. The third-order valence-electron chi connectivity index (χ3n) is 2.61. The average molecular weight is 284 g/mol. The molecular weight excluding hydrogens is 270 g/mol. The van der Waals surface area contributed by atoms with Crippen LogP contribution in [0.5, 0.6) is 0 Å². The molecule has 0 aliphatic rings. The lowest BCUT2D eigenvalue weighted by Crippen LogP contribution is -2.07. The van der Waals surface area contributed by atoms with E-state index < -0.39 is 11.6 Å². The lowest BCUT2D eigenvalue weighted by atomic mass is 10.1. The number of benzene rings is 1. The molecule has 0 saturated carbocycles. The predicted octanol–water partition coefficient (Wildman–Crippen LogP) is 3.46. The molecule has 0 unspecified atom stereocenters. The fraction of sp³-hybridized carbons (Fsp3) is 0.308. The summed E-state index contributed by atoms with van der Waals surface area (Å²) in [6, 6.07) is 2.36. The summed E-state index contributed by atoms with van der Waals surface area (Å²) in [7, 11) is 1.61. The standard InChI is InChI=1S/C13H14F2N2OS/c1-8-5-11(15)9(6-10(8)14)12-7-19-13(17-12)16-3-4-18-2/h5-7H,3-4H2,1-2H3,(H,16,17). The minimum atomic E-state index is -0.465. The Labute approximate surface area is 114 Å². The van der Waals surface area contributed by atoms with Crippen LogP contribution in [0, 0.1) is 18.6 Å². The monoisotopic (exact) mass is 284 g/mol. The number of methoxy groups -OCH3 is 1. The Hall–Kier alpha value is -1.53. The molecule has 2 aromatic rings. The highest BCUT2D eigenvalue weighted by Gasteiger charge is 2.12. The number of aryl methyl sites for hydroxylation is 1. The molecule has 19 heavy (non-hydrogen) atoms. The number of hydrogen-bond donors (Lipinski definition) is 1. The maximum Gasteiger partial charge on any atom is 0.183 e. The number of hydrogen-bond acceptors (Lipinski definition) is 4. The van der Waals surface area contributed by atoms with E-state index in [9.17, 15) is 8.78 Å². The van der Waals surface area contributed by atoms with Crippen molar-refractivity contribution in [1.82, 2.24) is 4.98 Å². The van der Waals surface area contributed by atoms with Crippen molar-refractivity contribution in [1.29, 1.82) is 0 Å². The SMILES string of the molecule is COCCNc1nc(-c2cc(F)c(C)cc2F)cs1. The largest absolute Gasteiger partial charge is 0.383 e. The van der Waals surface area contributed by atoms with Crippen molar-refractivity contribution in [2.24, 2.45) is 0 Å². The lowest BCUT2D eigenvalue weighted by Gasteiger charge is -2.03. The highest BCUT2D eigenvalue weighted by molar-refractivity contribution is 7.14. The van der Waals surface area contributed by atoms with Crippen molar-refractivity contribution in [2.45, 2.75) is 6.92 Å². The Kier molecular flexibility index (Phi) is 4.44. The van der Waals surface area contributed by atoms with Crippen LogP contribution in [0.1, 0.15) is 5.56 Å². The number of anilines is 1. The minimum absolute atomic E-state index is 0.180. The molecule has 0 aliphatic carbocycles. The van der Waals surface area contributed by atoms with Gasteiger partial charge in [0.15, 0.2) is 5.13 Å². The highest BCUT2D eigenvalue weighted by atomic mass is 32.1. The van der Waals surface area contributed by atoms with Crippen molar-refractivity contribution < 1.29 is 13.5 Å². The highest BCUT2D eigenvalue weighted by Crippen LogP contribution is 2.28. The molecule has 6 heteroatoms. The van der Waals surface area contributed by atoms with Gasteiger partial charge in [-0.2, -0.15) is 0 Å². The van der Waals surface area contributed by atoms with E-state index in [2.05, 4.69) is 10.3 Å². The Morgan fingerprint density at radius 2 is 2.11 bits per heavy atom. The second kappa shape index (κ2) is 6.08. The maximum atomic E-state index is 13.8. The average Bonchev–Trinajstić information content (AvgIpc) is 2.83. The first-order chi connectivity index (χ1) is 9.11. The zero-order chi connectivity index (χ0) is 13.8. The summed E-state index contributed by atoms with van der Waals surface area (Å²) in [6.07, 6.45) is 0. The number of thiazole rings is 1. The summed E-state index contributed by atoms with van der Waals surface area (Å²) >= 11 is 1.35. The van der Waals surface area contributed by atoms with E-state index in [1.54, 1.807) is 12.5 Å². The number of halogens is 2. The van der Waals surface area contributed by atoms with Gasteiger partial charge in [0.25, 0.3) is 0 Å². The fourth-order valence-corrected chi connectivity index (χ4v) is 2.32. The van der Waals surface area contributed by atoms with Gasteiger partial charge in [-0.05, 0) is 24.6 Å². The fourth-order valence-electron chi connectivity index (χ4n) is 1.58. The van der Waals surface area contributed by atoms with Crippen molar-refractivity contribution >= 4 is 16.5 Å². The van der Waals surface area contributed by atoms with Crippen LogP contribution in [-0.4, -0.2) is 25.2 Å². The Bertz CT molecular complexity index is 572. The molecule has 102 valence electrons. The summed E-state index contributed by atoms with van der Waals surface area (Å²) < 4.78 is 32.2. The third-order valence-corrected chi connectivity index (χ3v) is 3.41. The van der Waals surface area contributed by atoms with Crippen molar-refractivity contribution in [3.8, 4) is 11.3 Å². The summed E-state index contributed by atoms with van der Waals surface area (Å²) in [6.45, 7) is 2.71. The van der Waals surface area contributed by atoms with E-state index in [0.717, 1.165) is 0 Å². The second-order valence-corrected chi connectivity index (χ2v) is 4.90. The molecule has 0 bridgehead atoms. The van der Waals surface area contributed by atoms with Gasteiger partial charge in [0, 0.05) is 24.6 Å². The molecule has 0 saturated heterocycles. The Balaban J connectivity index is 2.20. The lowest BCUT2D eigenvalue weighted by molar-refractivity contribution is 0.211. The van der Waals surface area contributed by atoms with Gasteiger partial charge in [-0.1, -0.05) is 0 Å². The second-order valence-electron chi connectivity index (χ2n) is 4.04. The molecule has 2 rings (SSSR count). The molecule has 1 aromatic carbocycles. The van der Waals surface area contributed by atoms with E-state index in [4.69, 9.17) is 4.74 Å². The third kappa shape index (κ3) is 3.27. The molecule has 1 aromatic heterocycles. The summed E-state index contributed by atoms with van der Waals surface area (Å²) in [5, 5.41) is 5.40. The first-order valence-electron chi connectivity index (χ1n) is 5.76. The number of ether oxygens (including phenoxy) is 1. The first-order valence-corrected chi connectivity index (χ1v) is 6.64. The topological polar surface area (TPSA) is 34.1 Å². The van der Waals surface area contributed by atoms with E-state index in [1.165, 1.54) is 30.4 Å². The van der Waals surface area contributed by atoms with Crippen LogP contribution < -0.4 is 5.32 Å². The van der Waals surface area contributed by atoms with Gasteiger partial charge in [-0.15, -0.1) is 11.3 Å². The molecule has 1 N–H and O–H groups in total. The molecule has 1 heterocycles. The zero-order valence-electron chi connectivity index (χ0n) is 10.7. The Morgan fingerprint density at radius 3 is 2.84 bits per heavy atom. The number of nitrogens with zero attached hydrogens (tertiary/aromatic N) is 1. The maximum absolute atomic E-state index is 13.8. The smallest absolute Gasteiger partial charge is 0.183 e. The molecule has 0 amide bonds. The molecule has 0 aliphatic heterocycles. The molecule has 0 radical (unpaired) electrons. The van der Waals surface area contributed by atoms with Crippen molar-refractivity contribution in [3.05, 3.63) is 34.7 Å². The van der Waals surface area contributed by atoms with Gasteiger partial charge in [-0.25, -0.2) is 13.8 Å².